The fourth-order valence-electron chi connectivity index (χ4n) is 4.63. The van der Waals surface area contributed by atoms with Gasteiger partial charge in [-0.05, 0) is 55.3 Å². The van der Waals surface area contributed by atoms with Crippen molar-refractivity contribution in [2.45, 2.75) is 25.8 Å². The van der Waals surface area contributed by atoms with Crippen molar-refractivity contribution in [3.63, 3.8) is 0 Å². The van der Waals surface area contributed by atoms with Crippen molar-refractivity contribution in [2.24, 2.45) is 5.10 Å². The molecule has 1 atom stereocenters. The van der Waals surface area contributed by atoms with Crippen LogP contribution in [0.5, 0.6) is 0 Å². The van der Waals surface area contributed by atoms with Crippen LogP contribution in [0.3, 0.4) is 0 Å². The van der Waals surface area contributed by atoms with Gasteiger partial charge in [-0.3, -0.25) is 9.59 Å². The molecule has 0 bridgehead atoms. The minimum Gasteiger partial charge on any atom is -0.322 e. The van der Waals surface area contributed by atoms with Gasteiger partial charge in [0.2, 0.25) is 5.91 Å². The second kappa shape index (κ2) is 11.1. The summed E-state index contributed by atoms with van der Waals surface area (Å²) in [6.45, 7) is 4.33. The molecule has 1 unspecified atom stereocenters. The number of aromatic nitrogens is 1. The van der Waals surface area contributed by atoms with Crippen LogP contribution in [0.2, 0.25) is 0 Å². The molecular formula is C30H27FN4O2S. The van der Waals surface area contributed by atoms with Crippen LogP contribution in [0.25, 0.3) is 5.69 Å². The molecular weight excluding hydrogens is 499 g/mol. The van der Waals surface area contributed by atoms with Crippen molar-refractivity contribution < 1.29 is 14.0 Å². The van der Waals surface area contributed by atoms with E-state index in [2.05, 4.69) is 10.5 Å². The van der Waals surface area contributed by atoms with E-state index in [-0.39, 0.29) is 23.0 Å². The van der Waals surface area contributed by atoms with Crippen molar-refractivity contribution in [1.82, 2.24) is 14.9 Å². The van der Waals surface area contributed by atoms with Crippen LogP contribution in [0, 0.1) is 19.7 Å². The van der Waals surface area contributed by atoms with Gasteiger partial charge in [0.15, 0.2) is 0 Å². The molecule has 1 fully saturated rings. The number of rotatable bonds is 7. The summed E-state index contributed by atoms with van der Waals surface area (Å²) in [4.78, 5) is 27.1. The normalized spacial score (nSPS) is 15.4. The first kappa shape index (κ1) is 25.5. The Morgan fingerprint density at radius 3 is 2.50 bits per heavy atom. The lowest BCUT2D eigenvalue weighted by molar-refractivity contribution is -0.128. The number of benzene rings is 3. The molecule has 38 heavy (non-hydrogen) atoms. The highest BCUT2D eigenvalue weighted by Crippen LogP contribution is 2.39. The predicted octanol–water partition coefficient (Wildman–Crippen LogP) is 5.77. The maximum absolute atomic E-state index is 14.3. The zero-order chi connectivity index (χ0) is 26.6. The van der Waals surface area contributed by atoms with Gasteiger partial charge in [-0.2, -0.15) is 5.10 Å². The Kier molecular flexibility index (Phi) is 7.42. The molecule has 8 heteroatoms. The Morgan fingerprint density at radius 1 is 1.05 bits per heavy atom. The SMILES string of the molecule is Cc1cc(/C=N/NC(=O)c2ccc(C3SCC(=O)N3Cc3ccccc3)cc2)c(C)n1-c1ccccc1F. The van der Waals surface area contributed by atoms with Crippen LogP contribution in [0.15, 0.2) is 90.0 Å². The van der Waals surface area contributed by atoms with E-state index in [1.807, 2.05) is 71.8 Å². The topological polar surface area (TPSA) is 66.7 Å². The Labute approximate surface area is 225 Å². The van der Waals surface area contributed by atoms with E-state index in [1.54, 1.807) is 48.3 Å². The zero-order valence-corrected chi connectivity index (χ0v) is 21.9. The molecule has 192 valence electrons. The number of thioether (sulfide) groups is 1. The van der Waals surface area contributed by atoms with Crippen LogP contribution >= 0.6 is 11.8 Å². The van der Waals surface area contributed by atoms with Crippen molar-refractivity contribution in [3.05, 3.63) is 124 Å². The van der Waals surface area contributed by atoms with E-state index >= 15 is 0 Å². The highest BCUT2D eigenvalue weighted by atomic mass is 32.2. The lowest BCUT2D eigenvalue weighted by Gasteiger charge is -2.24. The van der Waals surface area contributed by atoms with E-state index < -0.39 is 0 Å². The first-order valence-corrected chi connectivity index (χ1v) is 13.3. The second-order valence-electron chi connectivity index (χ2n) is 9.11. The van der Waals surface area contributed by atoms with Crippen LogP contribution in [-0.2, 0) is 11.3 Å². The van der Waals surface area contributed by atoms with Gasteiger partial charge in [0.25, 0.3) is 5.91 Å². The number of carbonyl (C=O) groups is 2. The number of hydrazone groups is 1. The molecule has 0 saturated carbocycles. The third-order valence-electron chi connectivity index (χ3n) is 6.56. The quantitative estimate of drug-likeness (QED) is 0.246. The molecule has 4 aromatic rings. The largest absolute Gasteiger partial charge is 0.322 e. The first-order chi connectivity index (χ1) is 18.4. The molecule has 3 aromatic carbocycles. The second-order valence-corrected chi connectivity index (χ2v) is 10.2. The number of hydrogen-bond acceptors (Lipinski definition) is 4. The van der Waals surface area contributed by atoms with Gasteiger partial charge < -0.3 is 9.47 Å². The van der Waals surface area contributed by atoms with Crippen LogP contribution in [-0.4, -0.2) is 33.2 Å². The maximum atomic E-state index is 14.3. The number of para-hydroxylation sites is 1. The number of nitrogens with zero attached hydrogens (tertiary/aromatic N) is 3. The van der Waals surface area contributed by atoms with Crippen LogP contribution < -0.4 is 5.43 Å². The van der Waals surface area contributed by atoms with Crippen molar-refractivity contribution in [1.29, 1.82) is 0 Å². The number of hydrogen-bond donors (Lipinski definition) is 1. The molecule has 1 saturated heterocycles. The summed E-state index contributed by atoms with van der Waals surface area (Å²) in [6, 6.07) is 25.7. The number of halogens is 1. The number of nitrogens with one attached hydrogen (secondary N) is 1. The average molecular weight is 527 g/mol. The fourth-order valence-corrected chi connectivity index (χ4v) is 5.82. The summed E-state index contributed by atoms with van der Waals surface area (Å²) in [5, 5.41) is 4.03. The third-order valence-corrected chi connectivity index (χ3v) is 7.81. The lowest BCUT2D eigenvalue weighted by Crippen LogP contribution is -2.27. The van der Waals surface area contributed by atoms with Gasteiger partial charge in [-0.25, -0.2) is 9.82 Å². The molecule has 1 aliphatic rings. The monoisotopic (exact) mass is 526 g/mol. The summed E-state index contributed by atoms with van der Waals surface area (Å²) in [7, 11) is 0. The van der Waals surface area contributed by atoms with E-state index in [0.29, 0.717) is 23.5 Å². The molecule has 1 N–H and O–H groups in total. The Bertz CT molecular complexity index is 1500. The molecule has 1 aliphatic heterocycles. The zero-order valence-electron chi connectivity index (χ0n) is 21.1. The van der Waals surface area contributed by atoms with E-state index in [4.69, 9.17) is 0 Å². The van der Waals surface area contributed by atoms with E-state index in [1.165, 1.54) is 6.07 Å². The Balaban J connectivity index is 1.25. The highest BCUT2D eigenvalue weighted by Gasteiger charge is 2.32. The van der Waals surface area contributed by atoms with Gasteiger partial charge in [0.05, 0.1) is 17.7 Å². The van der Waals surface area contributed by atoms with Crippen molar-refractivity contribution >= 4 is 29.8 Å². The maximum Gasteiger partial charge on any atom is 0.271 e. The minimum absolute atomic E-state index is 0.0949. The average Bonchev–Trinajstić information content (AvgIpc) is 3.43. The molecule has 6 nitrogen and oxygen atoms in total. The van der Waals surface area contributed by atoms with Crippen molar-refractivity contribution in [3.8, 4) is 5.69 Å². The Hall–Kier alpha value is -4.17. The Morgan fingerprint density at radius 2 is 1.76 bits per heavy atom. The van der Waals surface area contributed by atoms with E-state index in [9.17, 15) is 14.0 Å². The summed E-state index contributed by atoms with van der Waals surface area (Å²) in [6.07, 6.45) is 1.56. The van der Waals surface area contributed by atoms with Gasteiger partial charge in [-0.1, -0.05) is 54.6 Å². The summed E-state index contributed by atoms with van der Waals surface area (Å²) in [5.74, 6) is -0.106. The molecule has 5 rings (SSSR count). The number of aryl methyl sites for hydroxylation is 1. The minimum atomic E-state index is -0.341. The fraction of sp³-hybridized carbons (Fsp3) is 0.167. The van der Waals surface area contributed by atoms with Crippen LogP contribution in [0.1, 0.15) is 43.8 Å². The van der Waals surface area contributed by atoms with Gasteiger partial charge >= 0.3 is 0 Å². The number of carbonyl (C=O) groups excluding carboxylic acids is 2. The third kappa shape index (κ3) is 5.26. The number of amides is 2. The standard InChI is InChI=1S/C30H27FN4O2S/c1-20-16-25(21(2)35(20)27-11-7-6-10-26(27)31)17-32-33-29(37)23-12-14-24(15-13-23)30-34(28(36)19-38-30)18-22-8-4-3-5-9-22/h3-17,30H,18-19H2,1-2H3,(H,33,37)/b32-17+. The smallest absolute Gasteiger partial charge is 0.271 e. The lowest BCUT2D eigenvalue weighted by atomic mass is 10.1. The van der Waals surface area contributed by atoms with Crippen molar-refractivity contribution in [2.75, 3.05) is 5.75 Å². The summed E-state index contributed by atoms with van der Waals surface area (Å²) < 4.78 is 16.1. The highest BCUT2D eigenvalue weighted by molar-refractivity contribution is 8.00. The first-order valence-electron chi connectivity index (χ1n) is 12.2. The molecule has 1 aromatic heterocycles. The summed E-state index contributed by atoms with van der Waals surface area (Å²) in [5.41, 5.74) is 8.01. The van der Waals surface area contributed by atoms with Gasteiger partial charge in [-0.15, -0.1) is 11.8 Å². The van der Waals surface area contributed by atoms with Gasteiger partial charge in [0.1, 0.15) is 11.2 Å². The molecule has 0 spiro atoms. The molecule has 2 heterocycles. The van der Waals surface area contributed by atoms with Gasteiger partial charge in [0, 0.05) is 29.1 Å². The molecule has 0 aliphatic carbocycles. The predicted molar refractivity (Wildman–Crippen MR) is 149 cm³/mol. The molecule has 2 amide bonds. The summed E-state index contributed by atoms with van der Waals surface area (Å²) >= 11 is 1.59. The van der Waals surface area contributed by atoms with Crippen LogP contribution in [0.4, 0.5) is 4.39 Å². The van der Waals surface area contributed by atoms with E-state index in [0.717, 1.165) is 28.1 Å². The molecule has 0 radical (unpaired) electrons.